The minimum Gasteiger partial charge on any atom is -0.507 e. The minimum atomic E-state index is -1.14. The number of carbonyl (C=O) groups excluding carboxylic acids is 1. The van der Waals surface area contributed by atoms with E-state index in [1.807, 2.05) is 0 Å². The van der Waals surface area contributed by atoms with Gasteiger partial charge in [-0.15, -0.1) is 0 Å². The average molecular weight is 385 g/mol. The van der Waals surface area contributed by atoms with E-state index in [0.29, 0.717) is 17.1 Å². The Balaban J connectivity index is 1.72. The SMILES string of the molecule is O=C(N/N=C/c1ccc(-c2ccc(Cl)c(C(=O)O)c2)o1)c1ccccc1O. The first kappa shape index (κ1) is 18.2. The molecule has 8 heteroatoms. The van der Waals surface area contributed by atoms with Crippen LogP contribution in [0, 0.1) is 0 Å². The minimum absolute atomic E-state index is 0.0317. The fraction of sp³-hybridized carbons (Fsp3) is 0. The number of nitrogens with zero attached hydrogens (tertiary/aromatic N) is 1. The molecule has 0 aliphatic carbocycles. The van der Waals surface area contributed by atoms with E-state index in [-0.39, 0.29) is 21.9 Å². The van der Waals surface area contributed by atoms with Crippen molar-refractivity contribution in [2.45, 2.75) is 0 Å². The fourth-order valence-electron chi connectivity index (χ4n) is 2.30. The van der Waals surface area contributed by atoms with Gasteiger partial charge >= 0.3 is 5.97 Å². The standard InChI is InChI=1S/C19H13ClN2O5/c20-15-7-5-11(9-14(15)19(25)26)17-8-6-12(27-17)10-21-22-18(24)13-3-1-2-4-16(13)23/h1-10,23H,(H,22,24)(H,25,26)/b21-10+. The lowest BCUT2D eigenvalue weighted by Crippen LogP contribution is -2.17. The van der Waals surface area contributed by atoms with Crippen LogP contribution in [0.4, 0.5) is 0 Å². The number of hydrogen-bond donors (Lipinski definition) is 3. The van der Waals surface area contributed by atoms with Gasteiger partial charge in [0.2, 0.25) is 0 Å². The number of hydrogen-bond acceptors (Lipinski definition) is 5. The number of rotatable bonds is 5. The second-order valence-corrected chi connectivity index (χ2v) is 5.83. The summed E-state index contributed by atoms with van der Waals surface area (Å²) in [6.45, 7) is 0. The summed E-state index contributed by atoms with van der Waals surface area (Å²) >= 11 is 5.85. The average Bonchev–Trinajstić information content (AvgIpc) is 3.11. The third-order valence-corrected chi connectivity index (χ3v) is 3.94. The van der Waals surface area contributed by atoms with E-state index in [2.05, 4.69) is 10.5 Å². The molecule has 2 aromatic carbocycles. The molecule has 0 aliphatic rings. The third kappa shape index (κ3) is 4.16. The number of para-hydroxylation sites is 1. The fourth-order valence-corrected chi connectivity index (χ4v) is 2.50. The largest absolute Gasteiger partial charge is 0.507 e. The number of carboxylic acid groups (broad SMARTS) is 1. The van der Waals surface area contributed by atoms with E-state index in [0.717, 1.165) is 0 Å². The summed E-state index contributed by atoms with van der Waals surface area (Å²) in [6, 6.07) is 13.9. The summed E-state index contributed by atoms with van der Waals surface area (Å²) in [4.78, 5) is 23.1. The van der Waals surface area contributed by atoms with Gasteiger partial charge in [-0.3, -0.25) is 4.79 Å². The molecule has 0 saturated carbocycles. The number of halogens is 1. The molecule has 0 unspecified atom stereocenters. The highest BCUT2D eigenvalue weighted by Crippen LogP contribution is 2.26. The van der Waals surface area contributed by atoms with Crippen LogP contribution in [0.25, 0.3) is 11.3 Å². The van der Waals surface area contributed by atoms with Gasteiger partial charge in [0, 0.05) is 5.56 Å². The smallest absolute Gasteiger partial charge is 0.337 e. The van der Waals surface area contributed by atoms with Crippen LogP contribution < -0.4 is 5.43 Å². The van der Waals surface area contributed by atoms with Gasteiger partial charge in [-0.2, -0.15) is 5.10 Å². The number of aromatic carboxylic acids is 1. The van der Waals surface area contributed by atoms with Crippen LogP contribution in [0.2, 0.25) is 5.02 Å². The number of benzene rings is 2. The summed E-state index contributed by atoms with van der Waals surface area (Å²) in [5.41, 5.74) is 2.88. The van der Waals surface area contributed by atoms with Gasteiger partial charge in [0.1, 0.15) is 17.3 Å². The summed E-state index contributed by atoms with van der Waals surface area (Å²) in [5.74, 6) is -1.10. The van der Waals surface area contributed by atoms with Gasteiger partial charge in [-0.1, -0.05) is 23.7 Å². The van der Waals surface area contributed by atoms with E-state index in [1.165, 1.54) is 30.5 Å². The Morgan fingerprint density at radius 2 is 1.85 bits per heavy atom. The monoisotopic (exact) mass is 384 g/mol. The summed E-state index contributed by atoms with van der Waals surface area (Å²) in [6.07, 6.45) is 1.29. The van der Waals surface area contributed by atoms with E-state index in [4.69, 9.17) is 21.1 Å². The van der Waals surface area contributed by atoms with Crippen molar-refractivity contribution < 1.29 is 24.2 Å². The molecule has 0 atom stereocenters. The quantitative estimate of drug-likeness (QED) is 0.458. The van der Waals surface area contributed by atoms with Gasteiger partial charge in [0.15, 0.2) is 0 Å². The molecule has 3 rings (SSSR count). The predicted octanol–water partition coefficient (Wildman–Crippen LogP) is 3.77. The van der Waals surface area contributed by atoms with Crippen molar-refractivity contribution in [2.24, 2.45) is 5.10 Å². The van der Waals surface area contributed by atoms with Crippen LogP contribution in [0.15, 0.2) is 64.1 Å². The molecule has 3 aromatic rings. The molecule has 0 radical (unpaired) electrons. The molecular weight excluding hydrogens is 372 g/mol. The molecular formula is C19H13ClN2O5. The lowest BCUT2D eigenvalue weighted by molar-refractivity contribution is 0.0696. The molecule has 7 nitrogen and oxygen atoms in total. The number of carboxylic acids is 1. The van der Waals surface area contributed by atoms with Crippen LogP contribution in [-0.2, 0) is 0 Å². The zero-order chi connectivity index (χ0) is 19.4. The Morgan fingerprint density at radius 1 is 1.07 bits per heavy atom. The number of nitrogens with one attached hydrogen (secondary N) is 1. The first-order valence-electron chi connectivity index (χ1n) is 7.70. The number of phenolic OH excluding ortho intramolecular Hbond substituents is 1. The maximum absolute atomic E-state index is 11.9. The van der Waals surface area contributed by atoms with Crippen molar-refractivity contribution in [1.29, 1.82) is 0 Å². The van der Waals surface area contributed by atoms with Crippen LogP contribution in [-0.4, -0.2) is 28.3 Å². The molecule has 0 bridgehead atoms. The lowest BCUT2D eigenvalue weighted by atomic mass is 10.1. The molecule has 27 heavy (non-hydrogen) atoms. The second kappa shape index (κ2) is 7.76. The van der Waals surface area contributed by atoms with Crippen molar-refractivity contribution in [2.75, 3.05) is 0 Å². The van der Waals surface area contributed by atoms with Gasteiger partial charge in [-0.05, 0) is 42.5 Å². The Labute approximate surface area is 158 Å². The molecule has 0 aliphatic heterocycles. The van der Waals surface area contributed by atoms with Crippen LogP contribution in [0.5, 0.6) is 5.75 Å². The van der Waals surface area contributed by atoms with Gasteiger partial charge in [0.05, 0.1) is 22.4 Å². The molecule has 0 fully saturated rings. The number of furan rings is 1. The van der Waals surface area contributed by atoms with Gasteiger partial charge in [0.25, 0.3) is 5.91 Å². The lowest BCUT2D eigenvalue weighted by Gasteiger charge is -2.02. The number of aromatic hydroxyl groups is 1. The predicted molar refractivity (Wildman–Crippen MR) is 99.3 cm³/mol. The summed E-state index contributed by atoms with van der Waals surface area (Å²) < 4.78 is 5.57. The highest BCUT2D eigenvalue weighted by molar-refractivity contribution is 6.33. The van der Waals surface area contributed by atoms with E-state index in [1.54, 1.807) is 30.3 Å². The maximum Gasteiger partial charge on any atom is 0.337 e. The van der Waals surface area contributed by atoms with Crippen molar-refractivity contribution in [3.8, 4) is 17.1 Å². The van der Waals surface area contributed by atoms with E-state index in [9.17, 15) is 14.7 Å². The zero-order valence-electron chi connectivity index (χ0n) is 13.7. The molecule has 3 N–H and O–H groups in total. The third-order valence-electron chi connectivity index (χ3n) is 3.61. The van der Waals surface area contributed by atoms with Crippen molar-refractivity contribution in [3.63, 3.8) is 0 Å². The molecule has 1 heterocycles. The van der Waals surface area contributed by atoms with Crippen LogP contribution >= 0.6 is 11.6 Å². The number of hydrazone groups is 1. The molecule has 1 aromatic heterocycles. The Bertz CT molecular complexity index is 1040. The van der Waals surface area contributed by atoms with E-state index < -0.39 is 11.9 Å². The Hall–Kier alpha value is -3.58. The molecule has 0 saturated heterocycles. The Kier molecular flexibility index (Phi) is 5.23. The highest BCUT2D eigenvalue weighted by Gasteiger charge is 2.12. The van der Waals surface area contributed by atoms with Crippen LogP contribution in [0.3, 0.4) is 0 Å². The number of carbonyl (C=O) groups is 2. The number of phenols is 1. The van der Waals surface area contributed by atoms with Crippen molar-refractivity contribution in [1.82, 2.24) is 5.43 Å². The zero-order valence-corrected chi connectivity index (χ0v) is 14.5. The van der Waals surface area contributed by atoms with Crippen molar-refractivity contribution >= 4 is 29.7 Å². The first-order chi connectivity index (χ1) is 13.0. The number of amides is 1. The van der Waals surface area contributed by atoms with Gasteiger partial charge < -0.3 is 14.6 Å². The van der Waals surface area contributed by atoms with Crippen molar-refractivity contribution in [3.05, 3.63) is 76.5 Å². The topological polar surface area (TPSA) is 112 Å². The Morgan fingerprint density at radius 3 is 2.59 bits per heavy atom. The first-order valence-corrected chi connectivity index (χ1v) is 8.08. The molecule has 1 amide bonds. The van der Waals surface area contributed by atoms with E-state index >= 15 is 0 Å². The molecule has 136 valence electrons. The van der Waals surface area contributed by atoms with Crippen LogP contribution in [0.1, 0.15) is 26.5 Å². The molecule has 0 spiro atoms. The maximum atomic E-state index is 11.9. The van der Waals surface area contributed by atoms with Gasteiger partial charge in [-0.25, -0.2) is 10.2 Å². The normalized spacial score (nSPS) is 10.9. The summed E-state index contributed by atoms with van der Waals surface area (Å²) in [5, 5.41) is 22.7. The second-order valence-electron chi connectivity index (χ2n) is 5.42. The highest BCUT2D eigenvalue weighted by atomic mass is 35.5. The summed E-state index contributed by atoms with van der Waals surface area (Å²) in [7, 11) is 0.